The molecule has 1 heterocycles. The van der Waals surface area contributed by atoms with E-state index in [9.17, 15) is 13.6 Å². The number of hydrogen-bond acceptors (Lipinski definition) is 5. The van der Waals surface area contributed by atoms with E-state index in [2.05, 4.69) is 31.0 Å². The van der Waals surface area contributed by atoms with Gasteiger partial charge in [0.2, 0.25) is 0 Å². The van der Waals surface area contributed by atoms with Crippen LogP contribution in [0.1, 0.15) is 42.5 Å². The van der Waals surface area contributed by atoms with Gasteiger partial charge in [-0.2, -0.15) is 0 Å². The summed E-state index contributed by atoms with van der Waals surface area (Å²) in [7, 11) is 0. The molecule has 0 radical (unpaired) electrons. The topological polar surface area (TPSA) is 57.0 Å². The predicted octanol–water partition coefficient (Wildman–Crippen LogP) is 5.33. The first-order valence-corrected chi connectivity index (χ1v) is 11.1. The standard InChI is InChI=1S/C23H25F2N3O2S/c1-4-16-5-8-18(9-6-16)30-13-22-26-27-23(28(22)12-15(2)3)31-14-21(29)17-7-10-19(24)20(25)11-17/h5-11,15H,4,12-14H2,1-3H3. The van der Waals surface area contributed by atoms with Crippen LogP contribution < -0.4 is 4.74 Å². The van der Waals surface area contributed by atoms with Crippen LogP contribution in [0.5, 0.6) is 5.75 Å². The summed E-state index contributed by atoms with van der Waals surface area (Å²) < 4.78 is 34.3. The van der Waals surface area contributed by atoms with E-state index >= 15 is 0 Å². The minimum Gasteiger partial charge on any atom is -0.486 e. The zero-order valence-electron chi connectivity index (χ0n) is 17.8. The number of aromatic nitrogens is 3. The van der Waals surface area contributed by atoms with Gasteiger partial charge in [0.15, 0.2) is 28.4 Å². The lowest BCUT2D eigenvalue weighted by atomic mass is 10.1. The number of benzene rings is 2. The number of rotatable bonds is 10. The number of ketones is 1. The Bertz CT molecular complexity index is 1040. The maximum Gasteiger partial charge on any atom is 0.191 e. The molecule has 0 saturated carbocycles. The minimum atomic E-state index is -1.04. The fourth-order valence-electron chi connectivity index (χ4n) is 2.93. The Morgan fingerprint density at radius 3 is 2.48 bits per heavy atom. The molecule has 0 atom stereocenters. The van der Waals surface area contributed by atoms with Crippen molar-refractivity contribution in [2.45, 2.75) is 45.5 Å². The molecule has 164 valence electrons. The van der Waals surface area contributed by atoms with Crippen LogP contribution in [0.4, 0.5) is 8.78 Å². The Labute approximate surface area is 184 Å². The average molecular weight is 446 g/mol. The van der Waals surface area contributed by atoms with Gasteiger partial charge in [0.25, 0.3) is 0 Å². The number of hydrogen-bond donors (Lipinski definition) is 0. The Morgan fingerprint density at radius 2 is 1.84 bits per heavy atom. The molecule has 3 aromatic rings. The zero-order valence-corrected chi connectivity index (χ0v) is 18.6. The second-order valence-electron chi connectivity index (χ2n) is 7.53. The van der Waals surface area contributed by atoms with Crippen LogP contribution in [-0.4, -0.2) is 26.3 Å². The lowest BCUT2D eigenvalue weighted by molar-refractivity contribution is 0.102. The van der Waals surface area contributed by atoms with E-state index in [0.29, 0.717) is 23.4 Å². The number of Topliss-reactive ketones (excluding diaryl/α,β-unsaturated/α-hetero) is 1. The molecule has 0 spiro atoms. The van der Waals surface area contributed by atoms with E-state index in [1.54, 1.807) is 0 Å². The van der Waals surface area contributed by atoms with E-state index in [1.807, 2.05) is 28.8 Å². The number of carbonyl (C=O) groups is 1. The van der Waals surface area contributed by atoms with E-state index in [1.165, 1.54) is 23.4 Å². The largest absolute Gasteiger partial charge is 0.486 e. The first-order valence-electron chi connectivity index (χ1n) is 10.1. The number of halogens is 2. The van der Waals surface area contributed by atoms with Gasteiger partial charge in [-0.1, -0.05) is 44.7 Å². The molecule has 0 amide bonds. The molecule has 0 aliphatic carbocycles. The molecule has 3 rings (SSSR count). The van der Waals surface area contributed by atoms with Crippen molar-refractivity contribution >= 4 is 17.5 Å². The first-order chi connectivity index (χ1) is 14.9. The summed E-state index contributed by atoms with van der Waals surface area (Å²) in [4.78, 5) is 12.4. The third-order valence-electron chi connectivity index (χ3n) is 4.61. The molecule has 1 aromatic heterocycles. The number of nitrogens with zero attached hydrogens (tertiary/aromatic N) is 3. The van der Waals surface area contributed by atoms with Gasteiger partial charge in [0.1, 0.15) is 12.4 Å². The summed E-state index contributed by atoms with van der Waals surface area (Å²) in [5, 5.41) is 9.04. The lowest BCUT2D eigenvalue weighted by Crippen LogP contribution is -2.13. The van der Waals surface area contributed by atoms with Crippen molar-refractivity contribution in [3.63, 3.8) is 0 Å². The van der Waals surface area contributed by atoms with Crippen molar-refractivity contribution < 1.29 is 18.3 Å². The van der Waals surface area contributed by atoms with Gasteiger partial charge in [-0.25, -0.2) is 8.78 Å². The molecule has 0 aliphatic rings. The summed E-state index contributed by atoms with van der Waals surface area (Å²) in [6.07, 6.45) is 0.965. The fraction of sp³-hybridized carbons (Fsp3) is 0.348. The highest BCUT2D eigenvalue weighted by Crippen LogP contribution is 2.22. The number of ether oxygens (including phenoxy) is 1. The molecule has 0 fully saturated rings. The molecule has 31 heavy (non-hydrogen) atoms. The molecule has 2 aromatic carbocycles. The molecule has 0 N–H and O–H groups in total. The van der Waals surface area contributed by atoms with Crippen molar-refractivity contribution in [3.8, 4) is 5.75 Å². The maximum atomic E-state index is 13.4. The molecule has 0 saturated heterocycles. The van der Waals surface area contributed by atoms with E-state index in [4.69, 9.17) is 4.74 Å². The molecule has 5 nitrogen and oxygen atoms in total. The zero-order chi connectivity index (χ0) is 22.4. The first kappa shape index (κ1) is 22.9. The van der Waals surface area contributed by atoms with Gasteiger partial charge in [-0.05, 0) is 48.2 Å². The number of aryl methyl sites for hydroxylation is 1. The molecule has 0 bridgehead atoms. The second-order valence-corrected chi connectivity index (χ2v) is 8.47. The minimum absolute atomic E-state index is 0.0423. The quantitative estimate of drug-likeness (QED) is 0.312. The van der Waals surface area contributed by atoms with Crippen LogP contribution in [0.2, 0.25) is 0 Å². The average Bonchev–Trinajstić information content (AvgIpc) is 3.13. The lowest BCUT2D eigenvalue weighted by Gasteiger charge is -2.13. The molecule has 0 aliphatic heterocycles. The van der Waals surface area contributed by atoms with Crippen LogP contribution in [0, 0.1) is 17.6 Å². The summed E-state index contributed by atoms with van der Waals surface area (Å²) in [5.41, 5.74) is 1.36. The van der Waals surface area contributed by atoms with E-state index < -0.39 is 11.6 Å². The van der Waals surface area contributed by atoms with Crippen LogP contribution in [0.15, 0.2) is 47.6 Å². The highest BCUT2D eigenvalue weighted by atomic mass is 32.2. The highest BCUT2D eigenvalue weighted by molar-refractivity contribution is 7.99. The Hall–Kier alpha value is -2.74. The maximum absolute atomic E-state index is 13.4. The predicted molar refractivity (Wildman–Crippen MR) is 116 cm³/mol. The van der Waals surface area contributed by atoms with Crippen LogP contribution >= 0.6 is 11.8 Å². The summed E-state index contributed by atoms with van der Waals surface area (Å²) in [6.45, 7) is 7.18. The molecule has 8 heteroatoms. The Morgan fingerprint density at radius 1 is 1.10 bits per heavy atom. The van der Waals surface area contributed by atoms with Gasteiger partial charge in [0.05, 0.1) is 5.75 Å². The van der Waals surface area contributed by atoms with Crippen LogP contribution in [0.25, 0.3) is 0 Å². The van der Waals surface area contributed by atoms with Gasteiger partial charge in [-0.3, -0.25) is 4.79 Å². The normalized spacial score (nSPS) is 11.2. The third kappa shape index (κ3) is 6.13. The van der Waals surface area contributed by atoms with Gasteiger partial charge >= 0.3 is 0 Å². The van der Waals surface area contributed by atoms with Crippen molar-refractivity contribution in [2.24, 2.45) is 5.92 Å². The van der Waals surface area contributed by atoms with Gasteiger partial charge in [-0.15, -0.1) is 10.2 Å². The second kappa shape index (κ2) is 10.5. The Balaban J connectivity index is 1.68. The van der Waals surface area contributed by atoms with Crippen molar-refractivity contribution in [2.75, 3.05) is 5.75 Å². The summed E-state index contributed by atoms with van der Waals surface area (Å²) in [5.74, 6) is -0.535. The van der Waals surface area contributed by atoms with Crippen molar-refractivity contribution in [1.82, 2.24) is 14.8 Å². The van der Waals surface area contributed by atoms with Gasteiger partial charge in [0, 0.05) is 12.1 Å². The van der Waals surface area contributed by atoms with Gasteiger partial charge < -0.3 is 9.30 Å². The summed E-state index contributed by atoms with van der Waals surface area (Å²) in [6, 6.07) is 11.1. The number of carbonyl (C=O) groups excluding carboxylic acids is 1. The molecular weight excluding hydrogens is 420 g/mol. The third-order valence-corrected chi connectivity index (χ3v) is 5.58. The Kier molecular flexibility index (Phi) is 7.79. The van der Waals surface area contributed by atoms with E-state index in [0.717, 1.165) is 24.3 Å². The molecule has 0 unspecified atom stereocenters. The van der Waals surface area contributed by atoms with Crippen molar-refractivity contribution in [3.05, 3.63) is 71.1 Å². The van der Waals surface area contributed by atoms with Crippen LogP contribution in [0.3, 0.4) is 0 Å². The smallest absolute Gasteiger partial charge is 0.191 e. The monoisotopic (exact) mass is 445 g/mol. The SMILES string of the molecule is CCc1ccc(OCc2nnc(SCC(=O)c3ccc(F)c(F)c3)n2CC(C)C)cc1. The number of thioether (sulfide) groups is 1. The van der Waals surface area contributed by atoms with Crippen molar-refractivity contribution in [1.29, 1.82) is 0 Å². The fourth-order valence-corrected chi connectivity index (χ4v) is 3.79. The molecular formula is C23H25F2N3O2S. The summed E-state index contributed by atoms with van der Waals surface area (Å²) >= 11 is 1.22. The van der Waals surface area contributed by atoms with Crippen LogP contribution in [-0.2, 0) is 19.6 Å². The highest BCUT2D eigenvalue weighted by Gasteiger charge is 2.17. The van der Waals surface area contributed by atoms with E-state index in [-0.39, 0.29) is 23.7 Å².